The Hall–Kier alpha value is -0.820. The van der Waals surface area contributed by atoms with Gasteiger partial charge in [-0.1, -0.05) is 0 Å². The van der Waals surface area contributed by atoms with Crippen molar-refractivity contribution in [3.8, 4) is 0 Å². The number of ether oxygens (including phenoxy) is 1. The molecule has 4 nitrogen and oxygen atoms in total. The molecular weight excluding hydrogens is 203 g/mol. The number of quaternary nitrogens is 1. The quantitative estimate of drug-likeness (QED) is 0.596. The van der Waals surface area contributed by atoms with Crippen LogP contribution in [0.1, 0.15) is 0 Å². The van der Waals surface area contributed by atoms with Crippen molar-refractivity contribution in [3.63, 3.8) is 0 Å². The van der Waals surface area contributed by atoms with E-state index in [0.717, 1.165) is 0 Å². The predicted octanol–water partition coefficient (Wildman–Crippen LogP) is 0.484. The fourth-order valence-corrected chi connectivity index (χ4v) is 1.07. The highest BCUT2D eigenvalue weighted by atomic mass is 19.4. The van der Waals surface area contributed by atoms with E-state index in [9.17, 15) is 18.0 Å². The summed E-state index contributed by atoms with van der Waals surface area (Å²) in [4.78, 5) is 14.9. The lowest BCUT2D eigenvalue weighted by molar-refractivity contribution is -1.08. The number of halogens is 3. The summed E-state index contributed by atoms with van der Waals surface area (Å²) in [7, 11) is 1.42. The SMILES string of the molecule is C[N+]1(OC(=O)C(F)(F)F)CCOCC1. The molecule has 0 bridgehead atoms. The van der Waals surface area contributed by atoms with Crippen LogP contribution in [0, 0.1) is 0 Å². The van der Waals surface area contributed by atoms with Gasteiger partial charge in [-0.2, -0.15) is 13.2 Å². The van der Waals surface area contributed by atoms with Crippen LogP contribution in [-0.2, 0) is 14.4 Å². The van der Waals surface area contributed by atoms with Crippen LogP contribution in [0.15, 0.2) is 0 Å². The first-order chi connectivity index (χ1) is 6.33. The average molecular weight is 214 g/mol. The second kappa shape index (κ2) is 3.74. The Morgan fingerprint density at radius 2 is 1.86 bits per heavy atom. The van der Waals surface area contributed by atoms with Gasteiger partial charge in [0.15, 0.2) is 0 Å². The first-order valence-electron chi connectivity index (χ1n) is 4.06. The smallest absolute Gasteiger partial charge is 0.369 e. The maximum absolute atomic E-state index is 11.9. The monoisotopic (exact) mass is 214 g/mol. The van der Waals surface area contributed by atoms with E-state index in [4.69, 9.17) is 4.74 Å². The molecule has 82 valence electrons. The zero-order valence-electron chi connectivity index (χ0n) is 7.63. The lowest BCUT2D eigenvalue weighted by Gasteiger charge is -2.33. The van der Waals surface area contributed by atoms with Gasteiger partial charge < -0.3 is 4.74 Å². The van der Waals surface area contributed by atoms with Gasteiger partial charge in [-0.15, -0.1) is 4.65 Å². The number of hydroxylamine groups is 3. The van der Waals surface area contributed by atoms with E-state index < -0.39 is 12.1 Å². The summed E-state index contributed by atoms with van der Waals surface area (Å²) in [6, 6.07) is 0. The number of likely N-dealkylation sites (N-methyl/N-ethyl adjacent to an activating group) is 1. The van der Waals surface area contributed by atoms with E-state index in [-0.39, 0.29) is 17.7 Å². The minimum atomic E-state index is -4.93. The zero-order valence-corrected chi connectivity index (χ0v) is 7.63. The zero-order chi connectivity index (χ0) is 10.8. The fourth-order valence-electron chi connectivity index (χ4n) is 1.07. The predicted molar refractivity (Wildman–Crippen MR) is 38.9 cm³/mol. The second-order valence-corrected chi connectivity index (χ2v) is 3.23. The Bertz CT molecular complexity index is 223. The third-order valence-electron chi connectivity index (χ3n) is 1.95. The summed E-state index contributed by atoms with van der Waals surface area (Å²) in [5, 5.41) is 0. The van der Waals surface area contributed by atoms with Gasteiger partial charge in [0.05, 0.1) is 13.2 Å². The van der Waals surface area contributed by atoms with Crippen LogP contribution in [0.4, 0.5) is 13.2 Å². The Labute approximate surface area is 78.7 Å². The number of hydrogen-bond donors (Lipinski definition) is 0. The molecule has 1 saturated heterocycles. The lowest BCUT2D eigenvalue weighted by Crippen LogP contribution is -2.54. The van der Waals surface area contributed by atoms with Crippen molar-refractivity contribution in [2.45, 2.75) is 6.18 Å². The number of alkyl halides is 3. The molecule has 14 heavy (non-hydrogen) atoms. The largest absolute Gasteiger partial charge is 0.497 e. The van der Waals surface area contributed by atoms with Gasteiger partial charge in [0.25, 0.3) is 0 Å². The number of hydrogen-bond acceptors (Lipinski definition) is 3. The summed E-state index contributed by atoms with van der Waals surface area (Å²) in [6.07, 6.45) is -4.93. The third-order valence-corrected chi connectivity index (χ3v) is 1.95. The first kappa shape index (κ1) is 11.3. The van der Waals surface area contributed by atoms with Gasteiger partial charge in [-0.05, 0) is 0 Å². The topological polar surface area (TPSA) is 35.5 Å². The molecule has 0 saturated carbocycles. The van der Waals surface area contributed by atoms with Gasteiger partial charge >= 0.3 is 12.1 Å². The van der Waals surface area contributed by atoms with E-state index in [1.54, 1.807) is 0 Å². The first-order valence-corrected chi connectivity index (χ1v) is 4.06. The van der Waals surface area contributed by atoms with Crippen LogP contribution in [0.5, 0.6) is 0 Å². The second-order valence-electron chi connectivity index (χ2n) is 3.23. The number of carbonyl (C=O) groups excluding carboxylic acids is 1. The minimum absolute atomic E-state index is 0.238. The van der Waals surface area contributed by atoms with Gasteiger partial charge in [0.1, 0.15) is 20.1 Å². The van der Waals surface area contributed by atoms with Crippen molar-refractivity contribution in [1.82, 2.24) is 0 Å². The van der Waals surface area contributed by atoms with E-state index in [1.807, 2.05) is 0 Å². The highest BCUT2D eigenvalue weighted by molar-refractivity contribution is 5.74. The van der Waals surface area contributed by atoms with Crippen LogP contribution >= 0.6 is 0 Å². The Morgan fingerprint density at radius 1 is 1.36 bits per heavy atom. The highest BCUT2D eigenvalue weighted by Crippen LogP contribution is 2.20. The summed E-state index contributed by atoms with van der Waals surface area (Å²) in [5.74, 6) is -2.15. The van der Waals surface area contributed by atoms with Gasteiger partial charge in [-0.3, -0.25) is 4.84 Å². The van der Waals surface area contributed by atoms with Crippen molar-refractivity contribution < 1.29 is 32.2 Å². The van der Waals surface area contributed by atoms with Crippen molar-refractivity contribution in [2.24, 2.45) is 0 Å². The molecule has 0 atom stereocenters. The number of morpholine rings is 1. The Morgan fingerprint density at radius 3 is 2.29 bits per heavy atom. The Balaban J connectivity index is 2.54. The maximum Gasteiger partial charge on any atom is 0.497 e. The van der Waals surface area contributed by atoms with Crippen molar-refractivity contribution >= 4 is 5.97 Å². The standard InChI is InChI=1S/C7H11F3NO3/c1-11(2-4-13-5-3-11)14-6(12)7(8,9)10/h2-5H2,1H3/q+1. The summed E-state index contributed by atoms with van der Waals surface area (Å²) < 4.78 is 40.1. The molecule has 0 N–H and O–H groups in total. The molecule has 1 fully saturated rings. The van der Waals surface area contributed by atoms with E-state index in [1.165, 1.54) is 7.05 Å². The van der Waals surface area contributed by atoms with Gasteiger partial charge in [-0.25, -0.2) is 4.79 Å². The molecule has 7 heteroatoms. The molecule has 0 spiro atoms. The summed E-state index contributed by atoms with van der Waals surface area (Å²) in [5.41, 5.74) is 0. The molecule has 0 aromatic carbocycles. The minimum Gasteiger partial charge on any atom is -0.369 e. The molecule has 0 aromatic heterocycles. The molecule has 1 rings (SSSR count). The molecule has 0 amide bonds. The molecule has 1 heterocycles. The van der Waals surface area contributed by atoms with E-state index >= 15 is 0 Å². The molecule has 1 aliphatic rings. The van der Waals surface area contributed by atoms with Gasteiger partial charge in [0.2, 0.25) is 0 Å². The number of rotatable bonds is 1. The van der Waals surface area contributed by atoms with Crippen LogP contribution in [-0.4, -0.2) is 50.1 Å². The Kier molecular flexibility index (Phi) is 3.01. The molecular formula is C7H11F3NO3+. The molecule has 0 aliphatic carbocycles. The van der Waals surface area contributed by atoms with Crippen molar-refractivity contribution in [2.75, 3.05) is 33.4 Å². The maximum atomic E-state index is 11.9. The van der Waals surface area contributed by atoms with E-state index in [0.29, 0.717) is 13.2 Å². The molecule has 0 unspecified atom stereocenters. The average Bonchev–Trinajstić information content (AvgIpc) is 2.02. The normalized spacial score (nSPS) is 21.7. The summed E-state index contributed by atoms with van der Waals surface area (Å²) >= 11 is 0. The highest BCUT2D eigenvalue weighted by Gasteiger charge is 2.47. The molecule has 1 aliphatic heterocycles. The fraction of sp³-hybridized carbons (Fsp3) is 0.857. The van der Waals surface area contributed by atoms with Crippen LogP contribution in [0.2, 0.25) is 0 Å². The van der Waals surface area contributed by atoms with Crippen LogP contribution < -0.4 is 0 Å². The van der Waals surface area contributed by atoms with Crippen molar-refractivity contribution in [1.29, 1.82) is 0 Å². The number of carbonyl (C=O) groups is 1. The molecule has 0 radical (unpaired) electrons. The lowest BCUT2D eigenvalue weighted by atomic mass is 10.4. The van der Waals surface area contributed by atoms with Crippen LogP contribution in [0.3, 0.4) is 0 Å². The van der Waals surface area contributed by atoms with E-state index in [2.05, 4.69) is 4.84 Å². The number of nitrogens with zero attached hydrogens (tertiary/aromatic N) is 1. The molecule has 0 aromatic rings. The van der Waals surface area contributed by atoms with Crippen molar-refractivity contribution in [3.05, 3.63) is 0 Å². The van der Waals surface area contributed by atoms with Crippen LogP contribution in [0.25, 0.3) is 0 Å². The van der Waals surface area contributed by atoms with Gasteiger partial charge in [0, 0.05) is 0 Å². The summed E-state index contributed by atoms with van der Waals surface area (Å²) in [6.45, 7) is 1.06. The third kappa shape index (κ3) is 2.85.